The summed E-state index contributed by atoms with van der Waals surface area (Å²) in [7, 11) is 0. The third-order valence-corrected chi connectivity index (χ3v) is 4.58. The first kappa shape index (κ1) is 19.1. The van der Waals surface area contributed by atoms with Crippen LogP contribution in [0.15, 0.2) is 23.4 Å². The Balaban J connectivity index is 2.04. The number of thioether (sulfide) groups is 1. The number of hydrogen-bond donors (Lipinski definition) is 1. The molecular formula is C16H20Cl2N4OS. The molecule has 0 aliphatic heterocycles. The fourth-order valence-electron chi connectivity index (χ4n) is 2.22. The van der Waals surface area contributed by atoms with E-state index in [1.807, 2.05) is 0 Å². The standard InChI is InChI=1S/C16H20Cl2N4OS/c1-9(2)15-20-21-16(22(15)10(3)4)24-8-14(23)19-13-6-11(17)5-12(18)7-13/h5-7,9-10H,8H2,1-4H3,(H,19,23). The molecule has 1 heterocycles. The van der Waals surface area contributed by atoms with Gasteiger partial charge in [-0.05, 0) is 32.0 Å². The molecule has 5 nitrogen and oxygen atoms in total. The summed E-state index contributed by atoms with van der Waals surface area (Å²) in [6.45, 7) is 8.31. The van der Waals surface area contributed by atoms with Crippen molar-refractivity contribution in [1.29, 1.82) is 0 Å². The Morgan fingerprint density at radius 3 is 2.33 bits per heavy atom. The molecule has 1 aromatic carbocycles. The molecule has 0 aliphatic rings. The first-order chi connectivity index (χ1) is 11.3. The fourth-order valence-corrected chi connectivity index (χ4v) is 3.62. The van der Waals surface area contributed by atoms with E-state index < -0.39 is 0 Å². The van der Waals surface area contributed by atoms with Crippen LogP contribution in [0.25, 0.3) is 0 Å². The smallest absolute Gasteiger partial charge is 0.234 e. The minimum atomic E-state index is -0.150. The average molecular weight is 387 g/mol. The van der Waals surface area contributed by atoms with Gasteiger partial charge in [-0.25, -0.2) is 0 Å². The summed E-state index contributed by atoms with van der Waals surface area (Å²) in [6, 6.07) is 5.16. The normalized spacial score (nSPS) is 11.3. The maximum atomic E-state index is 12.2. The first-order valence-electron chi connectivity index (χ1n) is 7.61. The molecule has 0 unspecified atom stereocenters. The quantitative estimate of drug-likeness (QED) is 0.707. The van der Waals surface area contributed by atoms with Crippen LogP contribution in [-0.4, -0.2) is 26.4 Å². The van der Waals surface area contributed by atoms with Crippen LogP contribution in [0, 0.1) is 0 Å². The zero-order valence-corrected chi connectivity index (χ0v) is 16.3. The van der Waals surface area contributed by atoms with Gasteiger partial charge in [-0.3, -0.25) is 4.79 Å². The number of benzene rings is 1. The topological polar surface area (TPSA) is 59.8 Å². The van der Waals surface area contributed by atoms with E-state index in [2.05, 4.69) is 47.8 Å². The van der Waals surface area contributed by atoms with Crippen molar-refractivity contribution >= 4 is 46.6 Å². The Morgan fingerprint density at radius 2 is 1.79 bits per heavy atom. The highest BCUT2D eigenvalue weighted by atomic mass is 35.5. The van der Waals surface area contributed by atoms with Crippen molar-refractivity contribution in [3.8, 4) is 0 Å². The summed E-state index contributed by atoms with van der Waals surface area (Å²) in [4.78, 5) is 12.2. The third kappa shape index (κ3) is 4.88. The number of hydrogen-bond acceptors (Lipinski definition) is 4. The zero-order valence-electron chi connectivity index (χ0n) is 14.0. The Kier molecular flexibility index (Phi) is 6.54. The Bertz CT molecular complexity index is 711. The van der Waals surface area contributed by atoms with Crippen molar-refractivity contribution in [3.05, 3.63) is 34.1 Å². The molecule has 2 aromatic rings. The van der Waals surface area contributed by atoms with Gasteiger partial charge in [-0.1, -0.05) is 48.8 Å². The predicted molar refractivity (Wildman–Crippen MR) is 100 cm³/mol. The highest BCUT2D eigenvalue weighted by molar-refractivity contribution is 7.99. The van der Waals surface area contributed by atoms with Gasteiger partial charge in [0.05, 0.1) is 5.75 Å². The molecule has 1 aromatic heterocycles. The van der Waals surface area contributed by atoms with E-state index in [0.29, 0.717) is 15.7 Å². The monoisotopic (exact) mass is 386 g/mol. The molecule has 0 fully saturated rings. The van der Waals surface area contributed by atoms with E-state index >= 15 is 0 Å². The van der Waals surface area contributed by atoms with Gasteiger partial charge >= 0.3 is 0 Å². The van der Waals surface area contributed by atoms with Crippen LogP contribution in [0.4, 0.5) is 5.69 Å². The molecule has 0 bridgehead atoms. The average Bonchev–Trinajstić information content (AvgIpc) is 2.88. The lowest BCUT2D eigenvalue weighted by molar-refractivity contribution is -0.113. The molecular weight excluding hydrogens is 367 g/mol. The second-order valence-electron chi connectivity index (χ2n) is 5.95. The molecule has 8 heteroatoms. The molecule has 0 atom stereocenters. The Labute approximate surface area is 156 Å². The van der Waals surface area contributed by atoms with Crippen LogP contribution in [-0.2, 0) is 4.79 Å². The number of anilines is 1. The van der Waals surface area contributed by atoms with Crippen LogP contribution < -0.4 is 5.32 Å². The van der Waals surface area contributed by atoms with Gasteiger partial charge in [0.25, 0.3) is 0 Å². The van der Waals surface area contributed by atoms with Crippen LogP contribution in [0.5, 0.6) is 0 Å². The number of nitrogens with zero attached hydrogens (tertiary/aromatic N) is 3. The third-order valence-electron chi connectivity index (χ3n) is 3.20. The van der Waals surface area contributed by atoms with E-state index in [-0.39, 0.29) is 23.6 Å². The van der Waals surface area contributed by atoms with Crippen LogP contribution in [0.3, 0.4) is 0 Å². The SMILES string of the molecule is CC(C)c1nnc(SCC(=O)Nc2cc(Cl)cc(Cl)c2)n1C(C)C. The molecule has 1 N–H and O–H groups in total. The van der Waals surface area contributed by atoms with Crippen LogP contribution in [0.2, 0.25) is 10.0 Å². The molecule has 0 radical (unpaired) electrons. The summed E-state index contributed by atoms with van der Waals surface area (Å²) >= 11 is 13.2. The summed E-state index contributed by atoms with van der Waals surface area (Å²) in [5.41, 5.74) is 0.575. The van der Waals surface area contributed by atoms with Crippen molar-refractivity contribution < 1.29 is 4.79 Å². The van der Waals surface area contributed by atoms with E-state index in [0.717, 1.165) is 11.0 Å². The van der Waals surface area contributed by atoms with Crippen LogP contribution >= 0.6 is 35.0 Å². The van der Waals surface area contributed by atoms with Crippen molar-refractivity contribution in [2.75, 3.05) is 11.1 Å². The van der Waals surface area contributed by atoms with E-state index in [9.17, 15) is 4.79 Å². The van der Waals surface area contributed by atoms with Crippen molar-refractivity contribution in [2.45, 2.75) is 44.8 Å². The second-order valence-corrected chi connectivity index (χ2v) is 7.77. The lowest BCUT2D eigenvalue weighted by Gasteiger charge is -2.15. The molecule has 0 saturated heterocycles. The highest BCUT2D eigenvalue weighted by Gasteiger charge is 2.18. The van der Waals surface area contributed by atoms with E-state index in [1.165, 1.54) is 11.8 Å². The number of carbonyl (C=O) groups is 1. The van der Waals surface area contributed by atoms with Gasteiger partial charge in [0, 0.05) is 27.7 Å². The summed E-state index contributed by atoms with van der Waals surface area (Å²) in [5.74, 6) is 1.28. The Hall–Kier alpha value is -1.24. The molecule has 24 heavy (non-hydrogen) atoms. The largest absolute Gasteiger partial charge is 0.325 e. The predicted octanol–water partition coefficient (Wildman–Crippen LogP) is 5.02. The molecule has 2 rings (SSSR count). The van der Waals surface area contributed by atoms with Crippen LogP contribution in [0.1, 0.15) is 45.5 Å². The van der Waals surface area contributed by atoms with Crippen molar-refractivity contribution in [2.24, 2.45) is 0 Å². The van der Waals surface area contributed by atoms with Crippen molar-refractivity contribution in [3.63, 3.8) is 0 Å². The summed E-state index contributed by atoms with van der Waals surface area (Å²) in [6.07, 6.45) is 0. The van der Waals surface area contributed by atoms with Gasteiger partial charge in [0.2, 0.25) is 5.91 Å². The number of halogens is 2. The Morgan fingerprint density at radius 1 is 1.17 bits per heavy atom. The molecule has 130 valence electrons. The maximum Gasteiger partial charge on any atom is 0.234 e. The highest BCUT2D eigenvalue weighted by Crippen LogP contribution is 2.26. The van der Waals surface area contributed by atoms with Gasteiger partial charge < -0.3 is 9.88 Å². The number of amides is 1. The number of carbonyl (C=O) groups excluding carboxylic acids is 1. The van der Waals surface area contributed by atoms with Gasteiger partial charge in [-0.15, -0.1) is 10.2 Å². The zero-order chi connectivity index (χ0) is 17.9. The van der Waals surface area contributed by atoms with Gasteiger partial charge in [0.15, 0.2) is 5.16 Å². The summed E-state index contributed by atoms with van der Waals surface area (Å²) < 4.78 is 2.07. The van der Waals surface area contributed by atoms with E-state index in [1.54, 1.807) is 18.2 Å². The summed E-state index contributed by atoms with van der Waals surface area (Å²) in [5, 5.41) is 13.0. The van der Waals surface area contributed by atoms with Crippen molar-refractivity contribution in [1.82, 2.24) is 14.8 Å². The molecule has 0 spiro atoms. The number of nitrogens with one attached hydrogen (secondary N) is 1. The lowest BCUT2D eigenvalue weighted by Crippen LogP contribution is -2.15. The minimum Gasteiger partial charge on any atom is -0.325 e. The van der Waals surface area contributed by atoms with E-state index in [4.69, 9.17) is 23.2 Å². The van der Waals surface area contributed by atoms with Gasteiger partial charge in [-0.2, -0.15) is 0 Å². The second kappa shape index (κ2) is 8.23. The number of aromatic nitrogens is 3. The maximum absolute atomic E-state index is 12.2. The molecule has 0 aliphatic carbocycles. The lowest BCUT2D eigenvalue weighted by atomic mass is 10.2. The molecule has 1 amide bonds. The number of rotatable bonds is 6. The first-order valence-corrected chi connectivity index (χ1v) is 9.35. The minimum absolute atomic E-state index is 0.150. The van der Waals surface area contributed by atoms with Gasteiger partial charge in [0.1, 0.15) is 5.82 Å². The fraction of sp³-hybridized carbons (Fsp3) is 0.438. The molecule has 0 saturated carbocycles.